The SMILES string of the molecule is CC(N)c1nc(C(=O)C2=CCCO2)cs1. The van der Waals surface area contributed by atoms with E-state index >= 15 is 0 Å². The zero-order valence-electron chi connectivity index (χ0n) is 8.40. The lowest BCUT2D eigenvalue weighted by molar-refractivity contribution is 0.0938. The zero-order chi connectivity index (χ0) is 10.8. The molecule has 2 N–H and O–H groups in total. The van der Waals surface area contributed by atoms with Crippen LogP contribution in [0.5, 0.6) is 0 Å². The van der Waals surface area contributed by atoms with Crippen LogP contribution in [0.15, 0.2) is 17.2 Å². The molecule has 0 radical (unpaired) electrons. The minimum Gasteiger partial charge on any atom is -0.489 e. The maximum Gasteiger partial charge on any atom is 0.246 e. The van der Waals surface area contributed by atoms with Gasteiger partial charge in [-0.05, 0) is 13.0 Å². The molecule has 1 unspecified atom stereocenters. The van der Waals surface area contributed by atoms with Crippen molar-refractivity contribution in [2.45, 2.75) is 19.4 Å². The molecule has 0 aliphatic carbocycles. The van der Waals surface area contributed by atoms with Gasteiger partial charge in [-0.15, -0.1) is 11.3 Å². The molecule has 0 amide bonds. The van der Waals surface area contributed by atoms with Crippen LogP contribution in [-0.4, -0.2) is 17.4 Å². The van der Waals surface area contributed by atoms with Crippen LogP contribution in [0.2, 0.25) is 0 Å². The summed E-state index contributed by atoms with van der Waals surface area (Å²) in [5.74, 6) is 0.271. The van der Waals surface area contributed by atoms with Gasteiger partial charge in [-0.3, -0.25) is 4.79 Å². The van der Waals surface area contributed by atoms with Crippen LogP contribution >= 0.6 is 11.3 Å². The van der Waals surface area contributed by atoms with Gasteiger partial charge in [0.05, 0.1) is 12.6 Å². The lowest BCUT2D eigenvalue weighted by Gasteiger charge is -1.99. The van der Waals surface area contributed by atoms with E-state index in [0.717, 1.165) is 11.4 Å². The van der Waals surface area contributed by atoms with Crippen molar-refractivity contribution < 1.29 is 9.53 Å². The molecule has 5 heteroatoms. The maximum atomic E-state index is 11.8. The molecule has 0 fully saturated rings. The molecule has 2 heterocycles. The lowest BCUT2D eigenvalue weighted by Crippen LogP contribution is -2.07. The van der Waals surface area contributed by atoms with Crippen molar-refractivity contribution in [2.24, 2.45) is 5.73 Å². The summed E-state index contributed by atoms with van der Waals surface area (Å²) in [7, 11) is 0. The van der Waals surface area contributed by atoms with E-state index in [2.05, 4.69) is 4.98 Å². The lowest BCUT2D eigenvalue weighted by atomic mass is 10.2. The van der Waals surface area contributed by atoms with Crippen molar-refractivity contribution in [1.29, 1.82) is 0 Å². The second-order valence-electron chi connectivity index (χ2n) is 3.39. The summed E-state index contributed by atoms with van der Waals surface area (Å²) in [4.78, 5) is 16.0. The number of allylic oxidation sites excluding steroid dienone is 1. The largest absolute Gasteiger partial charge is 0.489 e. The molecular formula is C10H12N2O2S. The fraction of sp³-hybridized carbons (Fsp3) is 0.400. The number of carbonyl (C=O) groups excluding carboxylic acids is 1. The number of hydrogen-bond acceptors (Lipinski definition) is 5. The Morgan fingerprint density at radius 2 is 2.53 bits per heavy atom. The van der Waals surface area contributed by atoms with Crippen LogP contribution in [0.1, 0.15) is 34.9 Å². The highest BCUT2D eigenvalue weighted by Crippen LogP contribution is 2.20. The summed E-state index contributed by atoms with van der Waals surface area (Å²) < 4.78 is 5.18. The van der Waals surface area contributed by atoms with Gasteiger partial charge in [0.25, 0.3) is 0 Å². The van der Waals surface area contributed by atoms with Crippen molar-refractivity contribution in [1.82, 2.24) is 4.98 Å². The third kappa shape index (κ3) is 2.08. The number of hydrogen-bond donors (Lipinski definition) is 1. The number of Topliss-reactive ketones (excluding diaryl/α,β-unsaturated/α-hetero) is 1. The number of nitrogens with two attached hydrogens (primary N) is 1. The molecule has 1 aromatic heterocycles. The van der Waals surface area contributed by atoms with Gasteiger partial charge in [-0.1, -0.05) is 0 Å². The van der Waals surface area contributed by atoms with Crippen LogP contribution in [0.3, 0.4) is 0 Å². The van der Waals surface area contributed by atoms with Crippen LogP contribution in [0, 0.1) is 0 Å². The van der Waals surface area contributed by atoms with E-state index < -0.39 is 0 Å². The Labute approximate surface area is 91.8 Å². The summed E-state index contributed by atoms with van der Waals surface area (Å²) in [5, 5.41) is 2.50. The average Bonchev–Trinajstić information content (AvgIpc) is 2.88. The first-order chi connectivity index (χ1) is 7.18. The number of aromatic nitrogens is 1. The zero-order valence-corrected chi connectivity index (χ0v) is 9.21. The van der Waals surface area contributed by atoms with E-state index in [1.165, 1.54) is 11.3 Å². The van der Waals surface area contributed by atoms with E-state index in [9.17, 15) is 4.79 Å². The molecule has 0 bridgehead atoms. The Morgan fingerprint density at radius 1 is 1.73 bits per heavy atom. The Kier molecular flexibility index (Phi) is 2.83. The Balaban J connectivity index is 2.18. The molecule has 2 rings (SSSR count). The number of ketones is 1. The first-order valence-electron chi connectivity index (χ1n) is 4.77. The van der Waals surface area contributed by atoms with Gasteiger partial charge in [0.2, 0.25) is 5.78 Å². The normalized spacial score (nSPS) is 17.1. The third-order valence-electron chi connectivity index (χ3n) is 2.07. The molecule has 0 spiro atoms. The molecule has 1 aliphatic heterocycles. The van der Waals surface area contributed by atoms with Crippen LogP contribution in [0.4, 0.5) is 0 Å². The molecule has 15 heavy (non-hydrogen) atoms. The van der Waals surface area contributed by atoms with E-state index in [0.29, 0.717) is 18.1 Å². The quantitative estimate of drug-likeness (QED) is 0.793. The molecule has 0 saturated carbocycles. The van der Waals surface area contributed by atoms with Gasteiger partial charge in [0.15, 0.2) is 5.76 Å². The fourth-order valence-corrected chi connectivity index (χ4v) is 2.06. The van der Waals surface area contributed by atoms with E-state index in [1.807, 2.05) is 6.92 Å². The predicted molar refractivity (Wildman–Crippen MR) is 57.7 cm³/mol. The third-order valence-corrected chi connectivity index (χ3v) is 3.12. The molecule has 4 nitrogen and oxygen atoms in total. The number of thiazole rings is 1. The number of nitrogens with zero attached hydrogens (tertiary/aromatic N) is 1. The van der Waals surface area contributed by atoms with Crippen molar-refractivity contribution in [3.8, 4) is 0 Å². The van der Waals surface area contributed by atoms with Gasteiger partial charge in [-0.2, -0.15) is 0 Å². The highest BCUT2D eigenvalue weighted by atomic mass is 32.1. The van der Waals surface area contributed by atoms with E-state index in [1.54, 1.807) is 11.5 Å². The van der Waals surface area contributed by atoms with Crippen LogP contribution in [-0.2, 0) is 4.74 Å². The topological polar surface area (TPSA) is 65.2 Å². The molecule has 80 valence electrons. The average molecular weight is 224 g/mol. The van der Waals surface area contributed by atoms with Crippen LogP contribution < -0.4 is 5.73 Å². The highest BCUT2D eigenvalue weighted by Gasteiger charge is 2.20. The minimum absolute atomic E-state index is 0.130. The molecule has 1 atom stereocenters. The molecule has 0 saturated heterocycles. The number of carbonyl (C=O) groups is 1. The summed E-state index contributed by atoms with van der Waals surface area (Å²) in [6, 6.07) is -0.130. The first-order valence-corrected chi connectivity index (χ1v) is 5.65. The predicted octanol–water partition coefficient (Wildman–Crippen LogP) is 1.65. The second-order valence-corrected chi connectivity index (χ2v) is 4.28. The molecule has 1 aliphatic rings. The summed E-state index contributed by atoms with van der Waals surface area (Å²) in [5.41, 5.74) is 6.10. The smallest absolute Gasteiger partial charge is 0.246 e. The van der Waals surface area contributed by atoms with E-state index in [-0.39, 0.29) is 11.8 Å². The Hall–Kier alpha value is -1.20. The Bertz CT molecular complexity index is 409. The monoisotopic (exact) mass is 224 g/mol. The standard InChI is InChI=1S/C10H12N2O2S/c1-6(11)10-12-7(5-15-10)9(13)8-3-2-4-14-8/h3,5-6H,2,4,11H2,1H3. The molecule has 1 aromatic rings. The Morgan fingerprint density at radius 3 is 3.07 bits per heavy atom. The van der Waals surface area contributed by atoms with Crippen molar-refractivity contribution in [3.05, 3.63) is 27.9 Å². The van der Waals surface area contributed by atoms with Gasteiger partial charge in [0.1, 0.15) is 10.7 Å². The summed E-state index contributed by atoms with van der Waals surface area (Å²) in [6.07, 6.45) is 2.60. The first kappa shape index (κ1) is 10.3. The van der Waals surface area contributed by atoms with Crippen LogP contribution in [0.25, 0.3) is 0 Å². The van der Waals surface area contributed by atoms with Gasteiger partial charge in [-0.25, -0.2) is 4.98 Å². The van der Waals surface area contributed by atoms with Gasteiger partial charge < -0.3 is 10.5 Å². The van der Waals surface area contributed by atoms with Gasteiger partial charge >= 0.3 is 0 Å². The highest BCUT2D eigenvalue weighted by molar-refractivity contribution is 7.09. The van der Waals surface area contributed by atoms with Crippen molar-refractivity contribution >= 4 is 17.1 Å². The fourth-order valence-electron chi connectivity index (χ4n) is 1.30. The molecule has 0 aromatic carbocycles. The van der Waals surface area contributed by atoms with Crippen molar-refractivity contribution in [2.75, 3.05) is 6.61 Å². The minimum atomic E-state index is -0.143. The second kappa shape index (κ2) is 4.12. The van der Waals surface area contributed by atoms with Gasteiger partial charge in [0, 0.05) is 11.8 Å². The maximum absolute atomic E-state index is 11.8. The summed E-state index contributed by atoms with van der Waals surface area (Å²) >= 11 is 1.41. The van der Waals surface area contributed by atoms with Crippen molar-refractivity contribution in [3.63, 3.8) is 0 Å². The molecular weight excluding hydrogens is 212 g/mol. The number of ether oxygens (including phenoxy) is 1. The number of rotatable bonds is 3. The summed E-state index contributed by atoms with van der Waals surface area (Å²) in [6.45, 7) is 2.43. The van der Waals surface area contributed by atoms with E-state index in [4.69, 9.17) is 10.5 Å².